The van der Waals surface area contributed by atoms with Crippen LogP contribution in [-0.4, -0.2) is 13.9 Å². The van der Waals surface area contributed by atoms with Crippen LogP contribution in [0.2, 0.25) is 0 Å². The molecule has 0 spiro atoms. The molecule has 186 valence electrons. The largest absolute Gasteiger partial charge is 0.598 e. The maximum Gasteiger partial charge on any atom is 0.417 e. The summed E-state index contributed by atoms with van der Waals surface area (Å²) in [6.07, 6.45) is -2.79. The first-order chi connectivity index (χ1) is 15.5. The third kappa shape index (κ3) is 5.61. The second-order valence-corrected chi connectivity index (χ2v) is 12.9. The number of rotatable bonds is 5. The van der Waals surface area contributed by atoms with E-state index >= 15 is 4.39 Å². The van der Waals surface area contributed by atoms with Crippen molar-refractivity contribution in [2.45, 2.75) is 72.0 Å². The molecule has 1 N–H and O–H groups in total. The Kier molecular flexibility index (Phi) is 7.19. The van der Waals surface area contributed by atoms with Crippen molar-refractivity contribution in [1.29, 1.82) is 0 Å². The van der Waals surface area contributed by atoms with Gasteiger partial charge in [-0.1, -0.05) is 51.1 Å². The van der Waals surface area contributed by atoms with Gasteiger partial charge in [0.1, 0.15) is 4.75 Å². The van der Waals surface area contributed by atoms with Crippen LogP contribution in [0.3, 0.4) is 0 Å². The van der Waals surface area contributed by atoms with Crippen molar-refractivity contribution in [3.63, 3.8) is 0 Å². The van der Waals surface area contributed by atoms with E-state index in [1.807, 2.05) is 54.7 Å². The average Bonchev–Trinajstić information content (AvgIpc) is 3.04. The fourth-order valence-corrected chi connectivity index (χ4v) is 4.74. The first-order valence-corrected chi connectivity index (χ1v) is 12.3. The van der Waals surface area contributed by atoms with Gasteiger partial charge in [0.25, 0.3) is 0 Å². The van der Waals surface area contributed by atoms with Gasteiger partial charge in [-0.3, -0.25) is 0 Å². The van der Waals surface area contributed by atoms with E-state index < -0.39 is 33.7 Å². The summed E-state index contributed by atoms with van der Waals surface area (Å²) in [5, 5.41) is 0.584. The van der Waals surface area contributed by atoms with E-state index in [4.69, 9.17) is 0 Å². The molecule has 0 unspecified atom stereocenters. The molecule has 3 aromatic rings. The van der Waals surface area contributed by atoms with Crippen molar-refractivity contribution < 1.29 is 22.1 Å². The molecule has 0 aliphatic rings. The van der Waals surface area contributed by atoms with Gasteiger partial charge in [0.2, 0.25) is 0 Å². The summed E-state index contributed by atoms with van der Waals surface area (Å²) in [7, 11) is 0. The Balaban J connectivity index is 2.22. The highest BCUT2D eigenvalue weighted by atomic mass is 32.2. The second-order valence-electron chi connectivity index (χ2n) is 10.9. The first-order valence-electron chi connectivity index (χ1n) is 11.2. The lowest BCUT2D eigenvalue weighted by atomic mass is 9.95. The van der Waals surface area contributed by atoms with E-state index in [2.05, 4.69) is 4.72 Å². The normalized spacial score (nSPS) is 15.1. The summed E-state index contributed by atoms with van der Waals surface area (Å²) >= 11 is -1.35. The second kappa shape index (κ2) is 9.21. The molecule has 1 heterocycles. The fourth-order valence-electron chi connectivity index (χ4n) is 3.94. The lowest BCUT2D eigenvalue weighted by molar-refractivity contribution is -0.137. The molecule has 8 heteroatoms. The van der Waals surface area contributed by atoms with Crippen molar-refractivity contribution >= 4 is 22.3 Å². The summed E-state index contributed by atoms with van der Waals surface area (Å²) in [6, 6.07) is 7.73. The van der Waals surface area contributed by atoms with Crippen molar-refractivity contribution in [2.75, 3.05) is 0 Å². The smallest absolute Gasteiger partial charge is 0.417 e. The summed E-state index contributed by atoms with van der Waals surface area (Å²) in [6.45, 7) is 13.9. The number of nitrogens with zero attached hydrogens (tertiary/aromatic N) is 1. The molecule has 0 saturated heterocycles. The van der Waals surface area contributed by atoms with Crippen LogP contribution in [0, 0.1) is 11.2 Å². The van der Waals surface area contributed by atoms with Crippen molar-refractivity contribution in [3.8, 4) is 11.1 Å². The van der Waals surface area contributed by atoms with Gasteiger partial charge in [-0.15, -0.1) is 4.72 Å². The Bertz CT molecular complexity index is 1170. The predicted octanol–water partition coefficient (Wildman–Crippen LogP) is 7.63. The highest BCUT2D eigenvalue weighted by Gasteiger charge is 2.35. The van der Waals surface area contributed by atoms with Crippen molar-refractivity contribution in [1.82, 2.24) is 9.29 Å². The van der Waals surface area contributed by atoms with Crippen molar-refractivity contribution in [3.05, 3.63) is 59.5 Å². The average molecular weight is 497 g/mol. The molecule has 0 fully saturated rings. The molecule has 0 radical (unpaired) electrons. The van der Waals surface area contributed by atoms with Gasteiger partial charge in [0.05, 0.1) is 17.1 Å². The summed E-state index contributed by atoms with van der Waals surface area (Å²) in [5.74, 6) is -0.700. The zero-order valence-electron chi connectivity index (χ0n) is 20.6. The Morgan fingerprint density at radius 1 is 0.971 bits per heavy atom. The van der Waals surface area contributed by atoms with Gasteiger partial charge in [-0.25, -0.2) is 4.39 Å². The van der Waals surface area contributed by atoms with Crippen LogP contribution in [0.1, 0.15) is 65.6 Å². The van der Waals surface area contributed by atoms with Gasteiger partial charge >= 0.3 is 6.18 Å². The predicted molar refractivity (Wildman–Crippen MR) is 131 cm³/mol. The molecular formula is C26H32F4N2OS. The quantitative estimate of drug-likeness (QED) is 0.291. The number of hydrogen-bond donors (Lipinski definition) is 1. The van der Waals surface area contributed by atoms with Crippen LogP contribution < -0.4 is 4.72 Å². The molecule has 2 atom stereocenters. The highest BCUT2D eigenvalue weighted by Crippen LogP contribution is 2.41. The van der Waals surface area contributed by atoms with Gasteiger partial charge in [-0.05, 0) is 50.3 Å². The third-order valence-corrected chi connectivity index (χ3v) is 7.16. The molecule has 0 amide bonds. The summed E-state index contributed by atoms with van der Waals surface area (Å²) in [5.41, 5.74) is -0.391. The van der Waals surface area contributed by atoms with Gasteiger partial charge in [0.15, 0.2) is 5.82 Å². The van der Waals surface area contributed by atoms with Gasteiger partial charge in [0, 0.05) is 35.1 Å². The standard InChI is InChI=1S/C26H32F4N2OS/c1-16(31-34(33)25(5,6)7)20-14-32(15-24(2,3)4)23-19(20)13-12-18(22(23)27)17-10-8-9-11-21(17)26(28,29)30/h8-14,16,31H,15H2,1-7H3/t16-,34+/m1/s1. The molecule has 0 bridgehead atoms. The van der Waals surface area contributed by atoms with E-state index in [0.29, 0.717) is 11.9 Å². The number of nitrogens with one attached hydrogen (secondary N) is 1. The van der Waals surface area contributed by atoms with Gasteiger partial charge in [-0.2, -0.15) is 13.2 Å². The third-order valence-electron chi connectivity index (χ3n) is 5.48. The van der Waals surface area contributed by atoms with Gasteiger partial charge < -0.3 is 9.12 Å². The zero-order valence-corrected chi connectivity index (χ0v) is 21.4. The SMILES string of the molecule is C[C@@H](N[S@@+]([O-])C(C)(C)C)c1cn(CC(C)(C)C)c2c(F)c(-c3ccccc3C(F)(F)F)ccc12. The molecule has 2 aromatic carbocycles. The van der Waals surface area contributed by atoms with E-state index in [9.17, 15) is 17.7 Å². The van der Waals surface area contributed by atoms with E-state index in [-0.39, 0.29) is 28.1 Å². The Morgan fingerprint density at radius 3 is 2.15 bits per heavy atom. The topological polar surface area (TPSA) is 40.0 Å². The molecule has 3 rings (SSSR count). The van der Waals surface area contributed by atoms with Crippen LogP contribution in [0.5, 0.6) is 0 Å². The maximum absolute atomic E-state index is 16.0. The molecule has 3 nitrogen and oxygen atoms in total. The minimum Gasteiger partial charge on any atom is -0.598 e. The van der Waals surface area contributed by atoms with Crippen molar-refractivity contribution in [2.24, 2.45) is 5.41 Å². The van der Waals surface area contributed by atoms with E-state index in [1.165, 1.54) is 24.3 Å². The zero-order chi connectivity index (χ0) is 25.6. The molecule has 1 aromatic heterocycles. The van der Waals surface area contributed by atoms with Crippen LogP contribution in [0.4, 0.5) is 17.6 Å². The maximum atomic E-state index is 16.0. The molecule has 0 aliphatic carbocycles. The molecule has 0 saturated carbocycles. The lowest BCUT2D eigenvalue weighted by Gasteiger charge is -2.26. The summed E-state index contributed by atoms with van der Waals surface area (Å²) in [4.78, 5) is 0. The number of benzene rings is 2. The van der Waals surface area contributed by atoms with E-state index in [1.54, 1.807) is 10.6 Å². The fraction of sp³-hybridized carbons (Fsp3) is 0.462. The Hall–Kier alpha value is -2.03. The molecular weight excluding hydrogens is 464 g/mol. The number of hydrogen-bond acceptors (Lipinski definition) is 2. The number of aromatic nitrogens is 1. The molecule has 34 heavy (non-hydrogen) atoms. The van der Waals surface area contributed by atoms with E-state index in [0.717, 1.165) is 11.6 Å². The lowest BCUT2D eigenvalue weighted by Crippen LogP contribution is -2.40. The highest BCUT2D eigenvalue weighted by molar-refractivity contribution is 7.90. The Labute approximate surface area is 201 Å². The van der Waals surface area contributed by atoms with Crippen LogP contribution >= 0.6 is 0 Å². The Morgan fingerprint density at radius 2 is 1.59 bits per heavy atom. The minimum atomic E-state index is -4.61. The van der Waals surface area contributed by atoms with Crippen LogP contribution in [-0.2, 0) is 24.1 Å². The number of fused-ring (bicyclic) bond motifs is 1. The molecule has 0 aliphatic heterocycles. The first kappa shape index (κ1) is 26.6. The monoisotopic (exact) mass is 496 g/mol. The van der Waals surface area contributed by atoms with Crippen LogP contribution in [0.25, 0.3) is 22.0 Å². The van der Waals surface area contributed by atoms with Crippen LogP contribution in [0.15, 0.2) is 42.6 Å². The number of alkyl halides is 3. The number of halogens is 4. The minimum absolute atomic E-state index is 0.0980. The summed E-state index contributed by atoms with van der Waals surface area (Å²) < 4.78 is 74.0.